The molecule has 0 saturated carbocycles. The molecule has 0 aromatic heterocycles. The van der Waals surface area contributed by atoms with Crippen molar-refractivity contribution in [2.45, 2.75) is 6.61 Å². The molecule has 0 heterocycles. The Balaban J connectivity index is 2.55. The summed E-state index contributed by atoms with van der Waals surface area (Å²) in [6, 6.07) is 6.72. The second kappa shape index (κ2) is 5.98. The molecule has 1 aromatic rings. The first-order chi connectivity index (χ1) is 7.24. The molecule has 0 unspecified atom stereocenters. The predicted molar refractivity (Wildman–Crippen MR) is 50.3 cm³/mol. The van der Waals surface area contributed by atoms with Gasteiger partial charge >= 0.3 is 5.97 Å². The first kappa shape index (κ1) is 11.5. The molecule has 5 heteroatoms. The highest BCUT2D eigenvalue weighted by molar-refractivity contribution is 5.68. The Morgan fingerprint density at radius 2 is 2.13 bits per heavy atom. The smallest absolute Gasteiger partial charge is 0.329 e. The summed E-state index contributed by atoms with van der Waals surface area (Å²) in [5, 5.41) is 8.35. The largest absolute Gasteiger partial charge is 0.480 e. The second-order valence-corrected chi connectivity index (χ2v) is 2.75. The Kier molecular flexibility index (Phi) is 4.56. The van der Waals surface area contributed by atoms with E-state index in [4.69, 9.17) is 14.6 Å². The van der Waals surface area contributed by atoms with Crippen molar-refractivity contribution in [3.8, 4) is 5.75 Å². The van der Waals surface area contributed by atoms with E-state index in [0.29, 0.717) is 11.3 Å². The van der Waals surface area contributed by atoms with Crippen LogP contribution < -0.4 is 4.74 Å². The number of benzene rings is 1. The third-order valence-corrected chi connectivity index (χ3v) is 1.67. The van der Waals surface area contributed by atoms with Gasteiger partial charge in [-0.25, -0.2) is 9.18 Å². The van der Waals surface area contributed by atoms with E-state index in [9.17, 15) is 9.18 Å². The van der Waals surface area contributed by atoms with Crippen molar-refractivity contribution in [3.05, 3.63) is 29.8 Å². The number of halogens is 1. The molecule has 0 aliphatic carbocycles. The maximum Gasteiger partial charge on any atom is 0.329 e. The van der Waals surface area contributed by atoms with Crippen molar-refractivity contribution < 1.29 is 23.8 Å². The van der Waals surface area contributed by atoms with E-state index in [0.717, 1.165) is 0 Å². The highest BCUT2D eigenvalue weighted by atomic mass is 19.1. The van der Waals surface area contributed by atoms with Crippen molar-refractivity contribution in [2.75, 3.05) is 13.5 Å². The van der Waals surface area contributed by atoms with Crippen LogP contribution in [0.4, 0.5) is 4.39 Å². The fourth-order valence-electron chi connectivity index (χ4n) is 1.07. The molecule has 15 heavy (non-hydrogen) atoms. The van der Waals surface area contributed by atoms with Gasteiger partial charge in [0.15, 0.2) is 0 Å². The SMILES string of the molecule is O=C(O)COCc1ccccc1OCF. The average Bonchev–Trinajstić information content (AvgIpc) is 2.20. The molecule has 0 aliphatic rings. The van der Waals surface area contributed by atoms with Gasteiger partial charge in [-0.05, 0) is 6.07 Å². The molecule has 4 nitrogen and oxygen atoms in total. The minimum Gasteiger partial charge on any atom is -0.480 e. The Morgan fingerprint density at radius 3 is 2.80 bits per heavy atom. The first-order valence-corrected chi connectivity index (χ1v) is 4.30. The van der Waals surface area contributed by atoms with Crippen LogP contribution in [0, 0.1) is 0 Å². The monoisotopic (exact) mass is 214 g/mol. The molecule has 1 rings (SSSR count). The molecule has 1 aromatic carbocycles. The third-order valence-electron chi connectivity index (χ3n) is 1.67. The minimum absolute atomic E-state index is 0.0858. The van der Waals surface area contributed by atoms with E-state index in [1.807, 2.05) is 0 Å². The van der Waals surface area contributed by atoms with E-state index < -0.39 is 12.8 Å². The molecular formula is C10H11FO4. The average molecular weight is 214 g/mol. The van der Waals surface area contributed by atoms with Gasteiger partial charge in [-0.3, -0.25) is 0 Å². The quantitative estimate of drug-likeness (QED) is 0.781. The van der Waals surface area contributed by atoms with Gasteiger partial charge in [0, 0.05) is 5.56 Å². The van der Waals surface area contributed by atoms with Crippen molar-refractivity contribution in [1.29, 1.82) is 0 Å². The molecule has 0 saturated heterocycles. The van der Waals surface area contributed by atoms with Crippen LogP contribution >= 0.6 is 0 Å². The van der Waals surface area contributed by atoms with Crippen molar-refractivity contribution >= 4 is 5.97 Å². The van der Waals surface area contributed by atoms with Crippen LogP contribution in [0.5, 0.6) is 5.75 Å². The van der Waals surface area contributed by atoms with Gasteiger partial charge in [0.05, 0.1) is 6.61 Å². The second-order valence-electron chi connectivity index (χ2n) is 2.75. The number of para-hydroxylation sites is 1. The molecule has 82 valence electrons. The number of ether oxygens (including phenoxy) is 2. The molecular weight excluding hydrogens is 203 g/mol. The predicted octanol–water partition coefficient (Wildman–Crippen LogP) is 1.59. The number of aliphatic carboxylic acids is 1. The number of hydrogen-bond donors (Lipinski definition) is 1. The number of hydrogen-bond acceptors (Lipinski definition) is 3. The summed E-state index contributed by atoms with van der Waals surface area (Å²) in [6.07, 6.45) is 0. The van der Waals surface area contributed by atoms with Gasteiger partial charge in [0.1, 0.15) is 12.4 Å². The van der Waals surface area contributed by atoms with Crippen molar-refractivity contribution in [2.24, 2.45) is 0 Å². The van der Waals surface area contributed by atoms with Gasteiger partial charge in [-0.1, -0.05) is 18.2 Å². The van der Waals surface area contributed by atoms with Crippen LogP contribution in [0.2, 0.25) is 0 Å². The summed E-state index contributed by atoms with van der Waals surface area (Å²) >= 11 is 0. The van der Waals surface area contributed by atoms with Crippen LogP contribution in [0.15, 0.2) is 24.3 Å². The lowest BCUT2D eigenvalue weighted by Gasteiger charge is -2.08. The van der Waals surface area contributed by atoms with Crippen LogP contribution in [-0.2, 0) is 16.1 Å². The van der Waals surface area contributed by atoms with Gasteiger partial charge in [0.2, 0.25) is 6.86 Å². The van der Waals surface area contributed by atoms with Gasteiger partial charge in [-0.15, -0.1) is 0 Å². The summed E-state index contributed by atoms with van der Waals surface area (Å²) < 4.78 is 21.5. The molecule has 0 bridgehead atoms. The molecule has 0 spiro atoms. The summed E-state index contributed by atoms with van der Waals surface area (Å²) in [6.45, 7) is -1.22. The maximum absolute atomic E-state index is 12.0. The highest BCUT2D eigenvalue weighted by Crippen LogP contribution is 2.18. The first-order valence-electron chi connectivity index (χ1n) is 4.30. The zero-order valence-corrected chi connectivity index (χ0v) is 7.98. The Morgan fingerprint density at radius 1 is 1.40 bits per heavy atom. The van der Waals surface area contributed by atoms with Crippen LogP contribution in [0.1, 0.15) is 5.56 Å². The zero-order valence-electron chi connectivity index (χ0n) is 7.98. The Hall–Kier alpha value is -1.62. The standard InChI is InChI=1S/C10H11FO4/c11-7-15-9-4-2-1-3-8(9)5-14-6-10(12)13/h1-4H,5-7H2,(H,12,13). The molecule has 0 aliphatic heterocycles. The lowest BCUT2D eigenvalue weighted by atomic mass is 10.2. The minimum atomic E-state index is -1.04. The molecule has 0 fully saturated rings. The summed E-state index contributed by atoms with van der Waals surface area (Å²) in [7, 11) is 0. The lowest BCUT2D eigenvalue weighted by molar-refractivity contribution is -0.142. The molecule has 1 N–H and O–H groups in total. The van der Waals surface area contributed by atoms with Crippen LogP contribution in [-0.4, -0.2) is 24.5 Å². The van der Waals surface area contributed by atoms with Crippen LogP contribution in [0.25, 0.3) is 0 Å². The number of alkyl halides is 1. The normalized spacial score (nSPS) is 9.93. The number of rotatable bonds is 6. The van der Waals surface area contributed by atoms with E-state index >= 15 is 0 Å². The fourth-order valence-corrected chi connectivity index (χ4v) is 1.07. The van der Waals surface area contributed by atoms with Crippen LogP contribution in [0.3, 0.4) is 0 Å². The maximum atomic E-state index is 12.0. The van der Waals surface area contributed by atoms with E-state index in [1.165, 1.54) is 0 Å². The Labute approximate surface area is 86.2 Å². The van der Waals surface area contributed by atoms with E-state index in [1.54, 1.807) is 24.3 Å². The third kappa shape index (κ3) is 3.95. The van der Waals surface area contributed by atoms with E-state index in [2.05, 4.69) is 0 Å². The number of carboxylic acid groups (broad SMARTS) is 1. The lowest BCUT2D eigenvalue weighted by Crippen LogP contribution is -2.07. The molecule has 0 amide bonds. The highest BCUT2D eigenvalue weighted by Gasteiger charge is 2.04. The number of carboxylic acids is 1. The van der Waals surface area contributed by atoms with E-state index in [-0.39, 0.29) is 13.2 Å². The van der Waals surface area contributed by atoms with Gasteiger partial charge in [0.25, 0.3) is 0 Å². The number of carbonyl (C=O) groups is 1. The van der Waals surface area contributed by atoms with Gasteiger partial charge < -0.3 is 14.6 Å². The summed E-state index contributed by atoms with van der Waals surface area (Å²) in [5.41, 5.74) is 0.622. The summed E-state index contributed by atoms with van der Waals surface area (Å²) in [5.74, 6) is -0.677. The zero-order chi connectivity index (χ0) is 11.1. The van der Waals surface area contributed by atoms with Crippen molar-refractivity contribution in [3.63, 3.8) is 0 Å². The fraction of sp³-hybridized carbons (Fsp3) is 0.300. The topological polar surface area (TPSA) is 55.8 Å². The molecule has 0 atom stereocenters. The van der Waals surface area contributed by atoms with Gasteiger partial charge in [-0.2, -0.15) is 0 Å². The van der Waals surface area contributed by atoms with Crippen molar-refractivity contribution in [1.82, 2.24) is 0 Å². The molecule has 0 radical (unpaired) electrons. The summed E-state index contributed by atoms with van der Waals surface area (Å²) in [4.78, 5) is 10.2. The Bertz CT molecular complexity index is 327.